The van der Waals surface area contributed by atoms with Crippen molar-refractivity contribution in [1.29, 1.82) is 0 Å². The summed E-state index contributed by atoms with van der Waals surface area (Å²) in [4.78, 5) is 8.02. The van der Waals surface area contributed by atoms with Gasteiger partial charge >= 0.3 is 0 Å². The van der Waals surface area contributed by atoms with Crippen LogP contribution < -0.4 is 31.1 Å². The number of rotatable bonds is 4. The Hall–Kier alpha value is -7.54. The Balaban J connectivity index is 1.05. The highest BCUT2D eigenvalue weighted by Crippen LogP contribution is 2.62. The molecule has 6 heteroatoms. The maximum atomic E-state index is 6.64. The average molecular weight is 934 g/mol. The molecule has 342 valence electrons. The van der Waals surface area contributed by atoms with Crippen LogP contribution in [0.25, 0.3) is 53.2 Å². The van der Waals surface area contributed by atoms with E-state index in [9.17, 15) is 0 Å². The third-order valence-corrected chi connectivity index (χ3v) is 18.5. The first-order chi connectivity index (χ1) is 34.7. The van der Waals surface area contributed by atoms with E-state index in [2.05, 4.69) is 225 Å². The summed E-state index contributed by atoms with van der Waals surface area (Å²) in [6.45, 7) is 12.0. The normalized spacial score (nSPS) is 18.8. The summed E-state index contributed by atoms with van der Waals surface area (Å²) in [5.74, 6) is 0. The lowest BCUT2D eigenvalue weighted by Crippen LogP contribution is -2.61. The van der Waals surface area contributed by atoms with E-state index < -0.39 is 0 Å². The van der Waals surface area contributed by atoms with Crippen LogP contribution in [0.4, 0.5) is 45.5 Å². The fraction of sp³-hybridized carbons (Fsp3) is 0.169. The van der Waals surface area contributed by atoms with Crippen molar-refractivity contribution in [2.75, 3.05) is 14.7 Å². The molecule has 0 N–H and O–H groups in total. The molecule has 3 aliphatic heterocycles. The van der Waals surface area contributed by atoms with Crippen molar-refractivity contribution in [3.05, 3.63) is 198 Å². The van der Waals surface area contributed by atoms with E-state index in [1.54, 1.807) is 0 Å². The number of thiophene rings is 1. The lowest BCUT2D eigenvalue weighted by atomic mass is 9.33. The van der Waals surface area contributed by atoms with E-state index in [4.69, 9.17) is 4.42 Å². The zero-order valence-electron chi connectivity index (χ0n) is 40.8. The van der Waals surface area contributed by atoms with Gasteiger partial charge in [0, 0.05) is 60.4 Å². The van der Waals surface area contributed by atoms with E-state index in [0.29, 0.717) is 0 Å². The highest BCUT2D eigenvalue weighted by Gasteiger charge is 2.58. The fourth-order valence-corrected chi connectivity index (χ4v) is 15.4. The number of anilines is 8. The zero-order chi connectivity index (χ0) is 47.5. The Kier molecular flexibility index (Phi) is 8.58. The lowest BCUT2D eigenvalue weighted by Gasteiger charge is -2.51. The molecule has 1 saturated carbocycles. The van der Waals surface area contributed by atoms with Crippen LogP contribution in [0.3, 0.4) is 0 Å². The predicted octanol–water partition coefficient (Wildman–Crippen LogP) is 16.4. The van der Waals surface area contributed by atoms with Crippen LogP contribution in [0, 0.1) is 20.8 Å². The Morgan fingerprint density at radius 1 is 0.507 bits per heavy atom. The molecule has 15 rings (SSSR count). The van der Waals surface area contributed by atoms with Crippen LogP contribution in [-0.4, -0.2) is 12.3 Å². The maximum Gasteiger partial charge on any atom is 0.252 e. The van der Waals surface area contributed by atoms with Gasteiger partial charge < -0.3 is 19.1 Å². The van der Waals surface area contributed by atoms with Crippen LogP contribution in [0.1, 0.15) is 61.8 Å². The SMILES string of the molecule is Cc1cc2c3c(c1)N(c1cccc4oc5ccccc5c14)c1cc(-c4ccccc4)ccc1B3c1ccc(N3c4cc(C)cc(C)c4C4(C)CCCCC34C)cc1N2c1cccc2c1sc1ccccc12. The largest absolute Gasteiger partial charge is 0.456 e. The molecule has 2 unspecified atom stereocenters. The quantitative estimate of drug-likeness (QED) is 0.164. The molecule has 1 aliphatic carbocycles. The molecule has 2 atom stereocenters. The van der Waals surface area contributed by atoms with E-state index in [0.717, 1.165) is 34.0 Å². The monoisotopic (exact) mass is 933 g/mol. The van der Waals surface area contributed by atoms with Crippen LogP contribution in [0.15, 0.2) is 180 Å². The molecule has 0 radical (unpaired) electrons. The predicted molar refractivity (Wildman–Crippen MR) is 303 cm³/mol. The topological polar surface area (TPSA) is 22.9 Å². The van der Waals surface area contributed by atoms with Crippen LogP contribution >= 0.6 is 11.3 Å². The molecule has 0 amide bonds. The minimum absolute atomic E-state index is 0.0284. The van der Waals surface area contributed by atoms with Crippen molar-refractivity contribution < 1.29 is 4.42 Å². The number of fused-ring (bicyclic) bond motifs is 13. The summed E-state index contributed by atoms with van der Waals surface area (Å²) in [6.07, 6.45) is 4.84. The number of para-hydroxylation sites is 1. The highest BCUT2D eigenvalue weighted by atomic mass is 32.1. The van der Waals surface area contributed by atoms with Gasteiger partial charge in [0.1, 0.15) is 11.2 Å². The molecule has 4 aliphatic rings. The fourth-order valence-electron chi connectivity index (χ4n) is 14.2. The second kappa shape index (κ2) is 14.8. The highest BCUT2D eigenvalue weighted by molar-refractivity contribution is 7.26. The van der Waals surface area contributed by atoms with Gasteiger partial charge in [-0.05, 0) is 157 Å². The molecule has 0 bridgehead atoms. The lowest BCUT2D eigenvalue weighted by molar-refractivity contribution is 0.194. The van der Waals surface area contributed by atoms with Gasteiger partial charge in [0.15, 0.2) is 0 Å². The minimum Gasteiger partial charge on any atom is -0.456 e. The zero-order valence-corrected chi connectivity index (χ0v) is 41.6. The first-order valence-corrected chi connectivity index (χ1v) is 26.3. The number of hydrogen-bond acceptors (Lipinski definition) is 5. The van der Waals surface area contributed by atoms with E-state index in [1.807, 2.05) is 11.3 Å². The number of aryl methyl sites for hydroxylation is 3. The first kappa shape index (κ1) is 41.3. The van der Waals surface area contributed by atoms with E-state index in [-0.39, 0.29) is 17.7 Å². The number of nitrogens with zero attached hydrogens (tertiary/aromatic N) is 3. The van der Waals surface area contributed by atoms with E-state index in [1.165, 1.54) is 129 Å². The van der Waals surface area contributed by atoms with Crippen LogP contribution in [-0.2, 0) is 5.41 Å². The van der Waals surface area contributed by atoms with Crippen molar-refractivity contribution in [2.24, 2.45) is 0 Å². The molecule has 5 heterocycles. The average Bonchev–Trinajstić information content (AvgIpc) is 4.03. The number of furan rings is 1. The smallest absolute Gasteiger partial charge is 0.252 e. The van der Waals surface area contributed by atoms with Gasteiger partial charge in [-0.2, -0.15) is 0 Å². The second-order valence-corrected chi connectivity index (χ2v) is 22.4. The van der Waals surface area contributed by atoms with Gasteiger partial charge in [-0.1, -0.05) is 129 Å². The molecule has 1 fully saturated rings. The van der Waals surface area contributed by atoms with Crippen LogP contribution in [0.2, 0.25) is 0 Å². The van der Waals surface area contributed by atoms with Crippen LogP contribution in [0.5, 0.6) is 0 Å². The molecule has 9 aromatic carbocycles. The van der Waals surface area contributed by atoms with Crippen molar-refractivity contribution in [3.63, 3.8) is 0 Å². The van der Waals surface area contributed by atoms with Gasteiger partial charge in [0.25, 0.3) is 6.71 Å². The Bertz CT molecular complexity index is 4080. The van der Waals surface area contributed by atoms with E-state index >= 15 is 0 Å². The Labute approximate surface area is 419 Å². The summed E-state index contributed by atoms with van der Waals surface area (Å²) in [5, 5.41) is 4.85. The van der Waals surface area contributed by atoms with Crippen molar-refractivity contribution in [3.8, 4) is 11.1 Å². The van der Waals surface area contributed by atoms with Gasteiger partial charge in [-0.25, -0.2) is 0 Å². The molecule has 4 nitrogen and oxygen atoms in total. The van der Waals surface area contributed by atoms with Crippen molar-refractivity contribution >= 4 is 122 Å². The summed E-state index contributed by atoms with van der Waals surface area (Å²) < 4.78 is 9.25. The van der Waals surface area contributed by atoms with Gasteiger partial charge in [-0.3, -0.25) is 0 Å². The maximum absolute atomic E-state index is 6.64. The third kappa shape index (κ3) is 5.57. The number of hydrogen-bond donors (Lipinski definition) is 0. The molecule has 11 aromatic rings. The first-order valence-electron chi connectivity index (χ1n) is 25.5. The molecule has 0 spiro atoms. The summed E-state index contributed by atoms with van der Waals surface area (Å²) in [6, 6.07) is 66.5. The Morgan fingerprint density at radius 3 is 2.00 bits per heavy atom. The summed E-state index contributed by atoms with van der Waals surface area (Å²) in [5.41, 5.74) is 23.4. The standard InChI is InChI=1S/C65H52BN3OS/c1-39-33-41(3)61-54(34-39)69(65(5)32-14-13-31-64(61,65)4)44-28-30-49-53(38-44)68(51-23-15-21-46-45-19-10-12-26-59(45)71-63(46)51)56-36-40(2)35-55-62(56)66(49)48-29-27-43(42-17-7-6-8-18-42)37-52(48)67(55)50-22-16-25-58-60(50)47-20-9-11-24-57(47)70-58/h6-12,15-30,33-38H,13-14,31-32H2,1-5H3. The summed E-state index contributed by atoms with van der Waals surface area (Å²) in [7, 11) is 0. The summed E-state index contributed by atoms with van der Waals surface area (Å²) >= 11 is 1.91. The molecular formula is C65H52BN3OS. The van der Waals surface area contributed by atoms with Gasteiger partial charge in [-0.15, -0.1) is 11.3 Å². The molecule has 71 heavy (non-hydrogen) atoms. The minimum atomic E-state index is -0.0862. The second-order valence-electron chi connectivity index (χ2n) is 21.3. The third-order valence-electron chi connectivity index (χ3n) is 17.3. The number of benzene rings is 9. The molecule has 0 saturated heterocycles. The van der Waals surface area contributed by atoms with Crippen molar-refractivity contribution in [2.45, 2.75) is 71.3 Å². The Morgan fingerprint density at radius 2 is 1.15 bits per heavy atom. The molecule has 2 aromatic heterocycles. The molecular weight excluding hydrogens is 882 g/mol. The van der Waals surface area contributed by atoms with Gasteiger partial charge in [0.05, 0.1) is 27.0 Å². The van der Waals surface area contributed by atoms with Crippen molar-refractivity contribution in [1.82, 2.24) is 0 Å². The van der Waals surface area contributed by atoms with Gasteiger partial charge in [0.2, 0.25) is 0 Å².